The lowest BCUT2D eigenvalue weighted by atomic mass is 10.1. The largest absolute Gasteiger partial charge is 0.208 e. The molecular weight excluding hydrogens is 146 g/mol. The van der Waals surface area contributed by atoms with E-state index < -0.39 is 0 Å². The van der Waals surface area contributed by atoms with Crippen LogP contribution in [0, 0.1) is 0 Å². The number of nitrogens with zero attached hydrogens (tertiary/aromatic N) is 1. The first-order valence-electron chi connectivity index (χ1n) is 4.77. The Labute approximate surface area is 75.1 Å². The van der Waals surface area contributed by atoms with E-state index in [1.165, 1.54) is 31.2 Å². The summed E-state index contributed by atoms with van der Waals surface area (Å²) in [5.41, 5.74) is 1.45. The van der Waals surface area contributed by atoms with Crippen molar-refractivity contribution in [2.45, 2.75) is 32.6 Å². The van der Waals surface area contributed by atoms with E-state index in [4.69, 9.17) is 0 Å². The van der Waals surface area contributed by atoms with Crippen LogP contribution in [0.4, 0.5) is 0 Å². The van der Waals surface area contributed by atoms with Gasteiger partial charge in [0.05, 0.1) is 0 Å². The Kier molecular flexibility index (Phi) is 3.78. The molecule has 0 unspecified atom stereocenters. The monoisotopic (exact) mass is 164 g/mol. The van der Waals surface area contributed by atoms with Crippen LogP contribution in [0.5, 0.6) is 0 Å². The molecule has 0 aliphatic heterocycles. The molecule has 0 saturated heterocycles. The maximum atomic E-state index is 2.24. The summed E-state index contributed by atoms with van der Waals surface area (Å²) in [4.78, 5) is 0. The summed E-state index contributed by atoms with van der Waals surface area (Å²) in [6, 6.07) is 4.32. The molecule has 1 heteroatoms. The quantitative estimate of drug-likeness (QED) is 0.474. The van der Waals surface area contributed by atoms with Crippen molar-refractivity contribution in [3.05, 3.63) is 30.1 Å². The van der Waals surface area contributed by atoms with Gasteiger partial charge in [0.1, 0.15) is 7.05 Å². The molecule has 0 aliphatic rings. The predicted molar refractivity (Wildman–Crippen MR) is 50.8 cm³/mol. The fourth-order valence-electron chi connectivity index (χ4n) is 1.38. The number of aromatic nitrogens is 1. The molecule has 0 fully saturated rings. The van der Waals surface area contributed by atoms with E-state index in [0.29, 0.717) is 0 Å². The van der Waals surface area contributed by atoms with Crippen molar-refractivity contribution in [1.82, 2.24) is 0 Å². The molecule has 0 saturated carbocycles. The van der Waals surface area contributed by atoms with Crippen molar-refractivity contribution in [3.63, 3.8) is 0 Å². The third kappa shape index (κ3) is 3.04. The summed E-state index contributed by atoms with van der Waals surface area (Å²) in [5.74, 6) is 0. The summed E-state index contributed by atoms with van der Waals surface area (Å²) in [6.07, 6.45) is 9.47. The van der Waals surface area contributed by atoms with Crippen molar-refractivity contribution in [2.24, 2.45) is 7.05 Å². The van der Waals surface area contributed by atoms with E-state index >= 15 is 0 Å². The third-order valence-corrected chi connectivity index (χ3v) is 2.07. The minimum atomic E-state index is 1.22. The zero-order valence-corrected chi connectivity index (χ0v) is 8.09. The van der Waals surface area contributed by atoms with Crippen LogP contribution in [0.1, 0.15) is 31.7 Å². The first-order chi connectivity index (χ1) is 5.83. The fourth-order valence-corrected chi connectivity index (χ4v) is 1.38. The third-order valence-electron chi connectivity index (χ3n) is 2.07. The molecule has 0 spiro atoms. The lowest BCUT2D eigenvalue weighted by molar-refractivity contribution is -0.671. The molecule has 0 aliphatic carbocycles. The van der Waals surface area contributed by atoms with Gasteiger partial charge in [0.2, 0.25) is 0 Å². The summed E-state index contributed by atoms with van der Waals surface area (Å²) < 4.78 is 2.11. The van der Waals surface area contributed by atoms with Gasteiger partial charge in [-0.05, 0) is 18.9 Å². The average Bonchev–Trinajstić information content (AvgIpc) is 2.05. The lowest BCUT2D eigenvalue weighted by Crippen LogP contribution is -2.26. The Hall–Kier alpha value is -0.850. The zero-order chi connectivity index (χ0) is 8.81. The van der Waals surface area contributed by atoms with Gasteiger partial charge in [0.15, 0.2) is 12.4 Å². The molecule has 0 bridgehead atoms. The standard InChI is InChI=1S/C11H18N/c1-3-4-5-7-11-8-6-9-12(2)10-11/h6,8-10H,3-5,7H2,1-2H3/q+1. The fraction of sp³-hybridized carbons (Fsp3) is 0.545. The van der Waals surface area contributed by atoms with Crippen molar-refractivity contribution >= 4 is 0 Å². The van der Waals surface area contributed by atoms with Crippen LogP contribution in [0.15, 0.2) is 24.5 Å². The highest BCUT2D eigenvalue weighted by Gasteiger charge is 1.96. The minimum absolute atomic E-state index is 1.22. The molecule has 1 aromatic rings. The van der Waals surface area contributed by atoms with Crippen LogP contribution in [-0.2, 0) is 13.5 Å². The maximum Gasteiger partial charge on any atom is 0.171 e. The number of hydrogen-bond acceptors (Lipinski definition) is 0. The highest BCUT2D eigenvalue weighted by molar-refractivity contribution is 5.04. The topological polar surface area (TPSA) is 3.88 Å². The molecule has 0 aromatic carbocycles. The van der Waals surface area contributed by atoms with Gasteiger partial charge in [-0.3, -0.25) is 0 Å². The molecule has 12 heavy (non-hydrogen) atoms. The van der Waals surface area contributed by atoms with Gasteiger partial charge in [-0.2, -0.15) is 0 Å². The summed E-state index contributed by atoms with van der Waals surface area (Å²) in [7, 11) is 2.07. The van der Waals surface area contributed by atoms with Gasteiger partial charge >= 0.3 is 0 Å². The van der Waals surface area contributed by atoms with Crippen LogP contribution < -0.4 is 4.57 Å². The number of pyridine rings is 1. The van der Waals surface area contributed by atoms with Gasteiger partial charge in [-0.15, -0.1) is 0 Å². The van der Waals surface area contributed by atoms with E-state index in [-0.39, 0.29) is 0 Å². The van der Waals surface area contributed by atoms with Crippen LogP contribution in [0.25, 0.3) is 0 Å². The molecule has 1 nitrogen and oxygen atoms in total. The highest BCUT2D eigenvalue weighted by atomic mass is 14.9. The van der Waals surface area contributed by atoms with E-state index in [1.807, 2.05) is 0 Å². The maximum absolute atomic E-state index is 2.24. The van der Waals surface area contributed by atoms with E-state index in [0.717, 1.165) is 0 Å². The minimum Gasteiger partial charge on any atom is -0.208 e. The zero-order valence-electron chi connectivity index (χ0n) is 8.09. The number of aryl methyl sites for hydroxylation is 2. The number of rotatable bonds is 4. The second kappa shape index (κ2) is 4.91. The molecule has 66 valence electrons. The van der Waals surface area contributed by atoms with E-state index in [2.05, 4.69) is 43.1 Å². The lowest BCUT2D eigenvalue weighted by Gasteiger charge is -1.97. The van der Waals surface area contributed by atoms with Gasteiger partial charge in [-0.1, -0.05) is 19.8 Å². The van der Waals surface area contributed by atoms with Crippen LogP contribution in [0.3, 0.4) is 0 Å². The van der Waals surface area contributed by atoms with Gasteiger partial charge in [0.25, 0.3) is 0 Å². The first-order valence-corrected chi connectivity index (χ1v) is 4.77. The SMILES string of the molecule is CCCCCc1ccc[n+](C)c1. The van der Waals surface area contributed by atoms with Crippen molar-refractivity contribution in [1.29, 1.82) is 0 Å². The normalized spacial score (nSPS) is 10.2. The Morgan fingerprint density at radius 1 is 1.33 bits per heavy atom. The molecule has 0 amide bonds. The summed E-state index contributed by atoms with van der Waals surface area (Å²) >= 11 is 0. The molecular formula is C11H18N+. The summed E-state index contributed by atoms with van der Waals surface area (Å²) in [6.45, 7) is 2.24. The molecule has 1 heterocycles. The van der Waals surface area contributed by atoms with Crippen molar-refractivity contribution in [2.75, 3.05) is 0 Å². The highest BCUT2D eigenvalue weighted by Crippen LogP contribution is 2.03. The molecule has 1 aromatic heterocycles. The Balaban J connectivity index is 2.41. The van der Waals surface area contributed by atoms with Crippen LogP contribution in [0.2, 0.25) is 0 Å². The molecule has 0 atom stereocenters. The second-order valence-electron chi connectivity index (χ2n) is 3.33. The van der Waals surface area contributed by atoms with E-state index in [1.54, 1.807) is 0 Å². The first kappa shape index (κ1) is 9.24. The van der Waals surface area contributed by atoms with Gasteiger partial charge in [-0.25, -0.2) is 4.57 Å². The van der Waals surface area contributed by atoms with E-state index in [9.17, 15) is 0 Å². The average molecular weight is 164 g/mol. The number of hydrogen-bond donors (Lipinski definition) is 0. The van der Waals surface area contributed by atoms with Gasteiger partial charge < -0.3 is 0 Å². The predicted octanol–water partition coefficient (Wildman–Crippen LogP) is 2.24. The van der Waals surface area contributed by atoms with Crippen molar-refractivity contribution in [3.8, 4) is 0 Å². The van der Waals surface area contributed by atoms with Crippen LogP contribution in [-0.4, -0.2) is 0 Å². The Bertz CT molecular complexity index is 230. The molecule has 1 rings (SSSR count). The van der Waals surface area contributed by atoms with Crippen molar-refractivity contribution < 1.29 is 4.57 Å². The molecule has 0 N–H and O–H groups in total. The Morgan fingerprint density at radius 2 is 2.17 bits per heavy atom. The van der Waals surface area contributed by atoms with Crippen LogP contribution >= 0.6 is 0 Å². The van der Waals surface area contributed by atoms with Gasteiger partial charge in [0, 0.05) is 11.6 Å². The smallest absolute Gasteiger partial charge is 0.171 e. The second-order valence-corrected chi connectivity index (χ2v) is 3.33. The summed E-state index contributed by atoms with van der Waals surface area (Å²) in [5, 5.41) is 0. The number of unbranched alkanes of at least 4 members (excludes halogenated alkanes) is 2. The molecule has 0 radical (unpaired) electrons. The Morgan fingerprint density at radius 3 is 2.83 bits per heavy atom.